The van der Waals surface area contributed by atoms with E-state index < -0.39 is 11.7 Å². The lowest BCUT2D eigenvalue weighted by Gasteiger charge is -2.11. The number of nitrogens with one attached hydrogen (secondary N) is 2. The summed E-state index contributed by atoms with van der Waals surface area (Å²) in [6.07, 6.45) is -3.73. The number of amides is 1. The first-order valence-corrected chi connectivity index (χ1v) is 7.56. The van der Waals surface area contributed by atoms with Gasteiger partial charge in [-0.2, -0.15) is 13.2 Å². The van der Waals surface area contributed by atoms with E-state index in [-0.39, 0.29) is 42.6 Å². The number of hydrogen-bond donors (Lipinski definition) is 2. The van der Waals surface area contributed by atoms with Crippen LogP contribution in [-0.4, -0.2) is 30.5 Å². The Labute approximate surface area is 167 Å². The second-order valence-corrected chi connectivity index (χ2v) is 5.41. The van der Waals surface area contributed by atoms with E-state index in [1.54, 1.807) is 31.3 Å². The van der Waals surface area contributed by atoms with Crippen LogP contribution < -0.4 is 15.4 Å². The molecule has 0 saturated carbocycles. The van der Waals surface area contributed by atoms with Gasteiger partial charge in [0.1, 0.15) is 5.75 Å². The Balaban J connectivity index is 0.00000338. The number of halogens is 5. The standard InChI is InChI=1S/C17H18F3N3O2.2ClH/c1-11(21-2)9-23-16(24)12-3-6-14(7-4-12)25-15-8-5-13(10-22-15)17(18,19)20;;/h3-8,10-11,21H,9H2,1-2H3,(H,23,24);2*1H. The number of carbonyl (C=O) groups is 1. The molecule has 2 rings (SSSR count). The maximum atomic E-state index is 12.5. The van der Waals surface area contributed by atoms with Crippen molar-refractivity contribution < 1.29 is 22.7 Å². The molecule has 1 aromatic heterocycles. The van der Waals surface area contributed by atoms with Crippen molar-refractivity contribution in [3.05, 3.63) is 53.7 Å². The lowest BCUT2D eigenvalue weighted by atomic mass is 10.2. The summed E-state index contributed by atoms with van der Waals surface area (Å²) >= 11 is 0. The third-order valence-electron chi connectivity index (χ3n) is 3.46. The molecule has 27 heavy (non-hydrogen) atoms. The highest BCUT2D eigenvalue weighted by Crippen LogP contribution is 2.30. The Kier molecular flexibility index (Phi) is 10.1. The highest BCUT2D eigenvalue weighted by Gasteiger charge is 2.30. The van der Waals surface area contributed by atoms with Crippen LogP contribution in [-0.2, 0) is 6.18 Å². The van der Waals surface area contributed by atoms with Crippen LogP contribution in [0.2, 0.25) is 0 Å². The molecule has 1 aromatic carbocycles. The average Bonchev–Trinajstić information content (AvgIpc) is 2.59. The normalized spacial score (nSPS) is 11.6. The van der Waals surface area contributed by atoms with Crippen molar-refractivity contribution in [2.45, 2.75) is 19.1 Å². The smallest absolute Gasteiger partial charge is 0.417 e. The van der Waals surface area contributed by atoms with E-state index >= 15 is 0 Å². The lowest BCUT2D eigenvalue weighted by molar-refractivity contribution is -0.137. The van der Waals surface area contributed by atoms with Gasteiger partial charge in [0.05, 0.1) is 5.56 Å². The number of nitrogens with zero attached hydrogens (tertiary/aromatic N) is 1. The number of likely N-dealkylation sites (N-methyl/N-ethyl adjacent to an activating group) is 1. The summed E-state index contributed by atoms with van der Waals surface area (Å²) in [6, 6.07) is 8.43. The Hall–Kier alpha value is -2.03. The molecule has 1 atom stereocenters. The molecule has 0 fully saturated rings. The van der Waals surface area contributed by atoms with Gasteiger partial charge in [0, 0.05) is 30.4 Å². The number of pyridine rings is 1. The van der Waals surface area contributed by atoms with Crippen LogP contribution in [0.4, 0.5) is 13.2 Å². The van der Waals surface area contributed by atoms with E-state index in [1.807, 2.05) is 6.92 Å². The minimum atomic E-state index is -4.44. The number of benzene rings is 1. The van der Waals surface area contributed by atoms with Crippen LogP contribution in [0.5, 0.6) is 11.6 Å². The number of alkyl halides is 3. The summed E-state index contributed by atoms with van der Waals surface area (Å²) < 4.78 is 42.8. The number of ether oxygens (including phenoxy) is 1. The topological polar surface area (TPSA) is 63.2 Å². The van der Waals surface area contributed by atoms with Crippen molar-refractivity contribution in [2.24, 2.45) is 0 Å². The van der Waals surface area contributed by atoms with Crippen LogP contribution in [0, 0.1) is 0 Å². The minimum Gasteiger partial charge on any atom is -0.439 e. The van der Waals surface area contributed by atoms with Crippen LogP contribution in [0.3, 0.4) is 0 Å². The first kappa shape index (κ1) is 25.0. The number of rotatable bonds is 6. The fourth-order valence-electron chi connectivity index (χ4n) is 1.85. The van der Waals surface area contributed by atoms with E-state index in [9.17, 15) is 18.0 Å². The molecule has 0 bridgehead atoms. The van der Waals surface area contributed by atoms with Crippen LogP contribution in [0.15, 0.2) is 42.6 Å². The summed E-state index contributed by atoms with van der Waals surface area (Å²) in [4.78, 5) is 15.6. The van der Waals surface area contributed by atoms with Gasteiger partial charge in [0.2, 0.25) is 5.88 Å². The monoisotopic (exact) mass is 425 g/mol. The van der Waals surface area contributed by atoms with Gasteiger partial charge in [0.25, 0.3) is 5.91 Å². The van der Waals surface area contributed by atoms with Gasteiger partial charge in [-0.1, -0.05) is 0 Å². The summed E-state index contributed by atoms with van der Waals surface area (Å²) in [5.41, 5.74) is -0.390. The Morgan fingerprint density at radius 1 is 1.15 bits per heavy atom. The predicted molar refractivity (Wildman–Crippen MR) is 101 cm³/mol. The second kappa shape index (κ2) is 11.0. The first-order chi connectivity index (χ1) is 11.8. The summed E-state index contributed by atoms with van der Waals surface area (Å²) in [6.45, 7) is 2.43. The van der Waals surface area contributed by atoms with Gasteiger partial charge in [-0.25, -0.2) is 4.98 Å². The van der Waals surface area contributed by atoms with Crippen LogP contribution in [0.25, 0.3) is 0 Å². The van der Waals surface area contributed by atoms with Crippen molar-refractivity contribution in [3.63, 3.8) is 0 Å². The van der Waals surface area contributed by atoms with Gasteiger partial charge < -0.3 is 15.4 Å². The van der Waals surface area contributed by atoms with E-state index in [1.165, 1.54) is 0 Å². The fraction of sp³-hybridized carbons (Fsp3) is 0.294. The zero-order valence-electron chi connectivity index (χ0n) is 14.5. The molecule has 2 N–H and O–H groups in total. The molecule has 0 saturated heterocycles. The number of carbonyl (C=O) groups excluding carboxylic acids is 1. The maximum Gasteiger partial charge on any atom is 0.417 e. The Morgan fingerprint density at radius 3 is 2.26 bits per heavy atom. The van der Waals surface area contributed by atoms with Crippen LogP contribution in [0.1, 0.15) is 22.8 Å². The van der Waals surface area contributed by atoms with Crippen molar-refractivity contribution in [1.29, 1.82) is 0 Å². The van der Waals surface area contributed by atoms with Crippen molar-refractivity contribution in [3.8, 4) is 11.6 Å². The number of aromatic nitrogens is 1. The van der Waals surface area contributed by atoms with E-state index in [4.69, 9.17) is 4.74 Å². The molecule has 0 spiro atoms. The molecule has 0 aliphatic rings. The highest BCUT2D eigenvalue weighted by molar-refractivity contribution is 5.94. The summed E-state index contributed by atoms with van der Waals surface area (Å²) in [5.74, 6) is 0.182. The van der Waals surface area contributed by atoms with Crippen molar-refractivity contribution >= 4 is 30.7 Å². The van der Waals surface area contributed by atoms with Gasteiger partial charge >= 0.3 is 6.18 Å². The largest absolute Gasteiger partial charge is 0.439 e. The lowest BCUT2D eigenvalue weighted by Crippen LogP contribution is -2.37. The minimum absolute atomic E-state index is 0. The Morgan fingerprint density at radius 2 is 1.78 bits per heavy atom. The molecule has 0 radical (unpaired) electrons. The SMILES string of the molecule is CNC(C)CNC(=O)c1ccc(Oc2ccc(C(F)(F)F)cn2)cc1.Cl.Cl. The molecule has 2 aromatic rings. The molecular weight excluding hydrogens is 406 g/mol. The third-order valence-corrected chi connectivity index (χ3v) is 3.46. The zero-order chi connectivity index (χ0) is 18.4. The molecule has 10 heteroatoms. The Bertz CT molecular complexity index is 711. The average molecular weight is 426 g/mol. The van der Waals surface area contributed by atoms with E-state index in [0.717, 1.165) is 12.1 Å². The molecular formula is C17H20Cl2F3N3O2. The molecule has 1 heterocycles. The molecule has 150 valence electrons. The number of hydrogen-bond acceptors (Lipinski definition) is 4. The van der Waals surface area contributed by atoms with E-state index in [2.05, 4.69) is 15.6 Å². The predicted octanol–water partition coefficient (Wildman–Crippen LogP) is 4.07. The summed E-state index contributed by atoms with van der Waals surface area (Å²) in [7, 11) is 1.80. The van der Waals surface area contributed by atoms with Gasteiger partial charge in [-0.05, 0) is 44.3 Å². The molecule has 1 unspecified atom stereocenters. The highest BCUT2D eigenvalue weighted by atomic mass is 35.5. The first-order valence-electron chi connectivity index (χ1n) is 7.56. The van der Waals surface area contributed by atoms with Gasteiger partial charge in [-0.3, -0.25) is 4.79 Å². The molecule has 0 aliphatic carbocycles. The molecule has 0 aliphatic heterocycles. The quantitative estimate of drug-likeness (QED) is 0.731. The third kappa shape index (κ3) is 7.62. The second-order valence-electron chi connectivity index (χ2n) is 5.41. The summed E-state index contributed by atoms with van der Waals surface area (Å²) in [5, 5.41) is 5.79. The van der Waals surface area contributed by atoms with Crippen molar-refractivity contribution in [1.82, 2.24) is 15.6 Å². The van der Waals surface area contributed by atoms with Crippen molar-refractivity contribution in [2.75, 3.05) is 13.6 Å². The van der Waals surface area contributed by atoms with Crippen LogP contribution >= 0.6 is 24.8 Å². The maximum absolute atomic E-state index is 12.5. The molecule has 1 amide bonds. The van der Waals surface area contributed by atoms with Gasteiger partial charge in [-0.15, -0.1) is 24.8 Å². The molecule has 5 nitrogen and oxygen atoms in total. The van der Waals surface area contributed by atoms with E-state index in [0.29, 0.717) is 24.1 Å². The van der Waals surface area contributed by atoms with Gasteiger partial charge in [0.15, 0.2) is 0 Å². The zero-order valence-corrected chi connectivity index (χ0v) is 16.2. The fourth-order valence-corrected chi connectivity index (χ4v) is 1.85.